The number of carbonyl (C=O) groups excluding carboxylic acids is 1. The molecular weight excluding hydrogens is 290 g/mol. The smallest absolute Gasteiger partial charge is 0.225 e. The molecule has 0 aliphatic carbocycles. The molecule has 1 amide bonds. The first-order chi connectivity index (χ1) is 11.2. The molecule has 1 heterocycles. The molecule has 118 valence electrons. The Morgan fingerprint density at radius 1 is 1.22 bits per heavy atom. The average Bonchev–Trinajstić information content (AvgIpc) is 2.60. The Morgan fingerprint density at radius 3 is 2.61 bits per heavy atom. The Morgan fingerprint density at radius 2 is 1.96 bits per heavy atom. The quantitative estimate of drug-likeness (QED) is 0.852. The molecule has 0 radical (unpaired) electrons. The van der Waals surface area contributed by atoms with E-state index in [2.05, 4.69) is 4.98 Å². The van der Waals surface area contributed by atoms with Crippen LogP contribution in [0.3, 0.4) is 0 Å². The van der Waals surface area contributed by atoms with Crippen molar-refractivity contribution in [2.75, 3.05) is 6.54 Å². The number of aliphatic hydroxyl groups is 1. The van der Waals surface area contributed by atoms with Gasteiger partial charge in [0.2, 0.25) is 5.91 Å². The van der Waals surface area contributed by atoms with Gasteiger partial charge in [-0.1, -0.05) is 36.4 Å². The second kappa shape index (κ2) is 8.66. The molecule has 0 saturated carbocycles. The molecule has 1 aromatic heterocycles. The van der Waals surface area contributed by atoms with Crippen molar-refractivity contribution in [2.24, 2.45) is 0 Å². The van der Waals surface area contributed by atoms with Gasteiger partial charge in [0.25, 0.3) is 0 Å². The summed E-state index contributed by atoms with van der Waals surface area (Å²) in [4.78, 5) is 18.2. The third kappa shape index (κ3) is 5.20. The molecule has 2 rings (SSSR count). The highest BCUT2D eigenvalue weighted by atomic mass is 16.3. The van der Waals surface area contributed by atoms with Crippen molar-refractivity contribution >= 4 is 5.91 Å². The van der Waals surface area contributed by atoms with Crippen LogP contribution in [0.15, 0.2) is 54.7 Å². The number of rotatable bonds is 7. The maximum Gasteiger partial charge on any atom is 0.225 e. The normalized spacial score (nSPS) is 11.5. The highest BCUT2D eigenvalue weighted by Crippen LogP contribution is 2.18. The Hall–Kier alpha value is -2.71. The van der Waals surface area contributed by atoms with Gasteiger partial charge in [-0.2, -0.15) is 5.26 Å². The van der Waals surface area contributed by atoms with Gasteiger partial charge in [-0.15, -0.1) is 0 Å². The van der Waals surface area contributed by atoms with Crippen LogP contribution >= 0.6 is 0 Å². The van der Waals surface area contributed by atoms with E-state index in [4.69, 9.17) is 5.26 Å². The van der Waals surface area contributed by atoms with Gasteiger partial charge in [0.1, 0.15) is 0 Å². The van der Waals surface area contributed by atoms with E-state index in [1.165, 1.54) is 0 Å². The third-order valence-electron chi connectivity index (χ3n) is 3.48. The summed E-state index contributed by atoms with van der Waals surface area (Å²) in [6.07, 6.45) is 1.06. The van der Waals surface area contributed by atoms with Gasteiger partial charge in [0, 0.05) is 12.7 Å². The molecule has 0 saturated heterocycles. The summed E-state index contributed by atoms with van der Waals surface area (Å²) < 4.78 is 0. The molecule has 1 atom stereocenters. The van der Waals surface area contributed by atoms with Crippen LogP contribution in [0.2, 0.25) is 0 Å². The van der Waals surface area contributed by atoms with Crippen LogP contribution in [0.5, 0.6) is 0 Å². The predicted molar refractivity (Wildman–Crippen MR) is 85.9 cm³/mol. The van der Waals surface area contributed by atoms with Crippen LogP contribution in [-0.4, -0.2) is 27.4 Å². The molecule has 0 spiro atoms. The second-order valence-electron chi connectivity index (χ2n) is 5.18. The minimum absolute atomic E-state index is 0.0116. The van der Waals surface area contributed by atoms with E-state index in [0.29, 0.717) is 18.7 Å². The van der Waals surface area contributed by atoms with Crippen LogP contribution in [0.1, 0.15) is 30.2 Å². The van der Waals surface area contributed by atoms with Crippen LogP contribution in [0.4, 0.5) is 0 Å². The Bertz CT molecular complexity index is 653. The first-order valence-corrected chi connectivity index (χ1v) is 7.48. The summed E-state index contributed by atoms with van der Waals surface area (Å²) in [5.41, 5.74) is 1.46. The van der Waals surface area contributed by atoms with Crippen LogP contribution in [0, 0.1) is 11.3 Å². The Labute approximate surface area is 135 Å². The van der Waals surface area contributed by atoms with Crippen molar-refractivity contribution in [2.45, 2.75) is 25.5 Å². The maximum absolute atomic E-state index is 12.5. The lowest BCUT2D eigenvalue weighted by Gasteiger charge is -2.23. The summed E-state index contributed by atoms with van der Waals surface area (Å²) in [5.74, 6) is -0.192. The number of aliphatic hydroxyl groups excluding tert-OH is 1. The Kier molecular flexibility index (Phi) is 6.28. The van der Waals surface area contributed by atoms with Gasteiger partial charge in [0.05, 0.1) is 37.3 Å². The molecule has 1 unspecified atom stereocenters. The van der Waals surface area contributed by atoms with E-state index < -0.39 is 6.10 Å². The summed E-state index contributed by atoms with van der Waals surface area (Å²) in [6.45, 7) is 0.663. The lowest BCUT2D eigenvalue weighted by molar-refractivity contribution is -0.134. The van der Waals surface area contributed by atoms with Gasteiger partial charge >= 0.3 is 0 Å². The molecule has 23 heavy (non-hydrogen) atoms. The molecule has 5 heteroatoms. The topological polar surface area (TPSA) is 77.2 Å². The lowest BCUT2D eigenvalue weighted by atomic mass is 10.1. The van der Waals surface area contributed by atoms with Crippen molar-refractivity contribution in [3.8, 4) is 6.07 Å². The zero-order valence-corrected chi connectivity index (χ0v) is 12.8. The number of hydrogen-bond donors (Lipinski definition) is 1. The summed E-state index contributed by atoms with van der Waals surface area (Å²) in [7, 11) is 0. The maximum atomic E-state index is 12.5. The number of hydrogen-bond acceptors (Lipinski definition) is 4. The van der Waals surface area contributed by atoms with Gasteiger partial charge in [-0.3, -0.25) is 9.78 Å². The van der Waals surface area contributed by atoms with Gasteiger partial charge < -0.3 is 10.0 Å². The molecule has 5 nitrogen and oxygen atoms in total. The van der Waals surface area contributed by atoms with Crippen LogP contribution in [0.25, 0.3) is 0 Å². The molecule has 0 aliphatic heterocycles. The number of amides is 1. The van der Waals surface area contributed by atoms with Crippen LogP contribution < -0.4 is 0 Å². The lowest BCUT2D eigenvalue weighted by Crippen LogP contribution is -2.32. The zero-order valence-electron chi connectivity index (χ0n) is 12.8. The number of benzene rings is 1. The summed E-state index contributed by atoms with van der Waals surface area (Å²) >= 11 is 0. The minimum atomic E-state index is -0.850. The van der Waals surface area contributed by atoms with Crippen LogP contribution in [-0.2, 0) is 11.3 Å². The molecule has 1 aromatic carbocycles. The van der Waals surface area contributed by atoms with E-state index in [1.807, 2.05) is 42.5 Å². The van der Waals surface area contributed by atoms with Gasteiger partial charge in [-0.25, -0.2) is 0 Å². The SMILES string of the molecule is N#CCCN(Cc1ccccn1)C(=O)CC(O)c1ccccc1. The fourth-order valence-electron chi connectivity index (χ4n) is 2.25. The highest BCUT2D eigenvalue weighted by molar-refractivity contribution is 5.76. The standard InChI is InChI=1S/C18H19N3O2/c19-10-6-12-21(14-16-9-4-5-11-20-16)18(23)13-17(22)15-7-2-1-3-8-15/h1-5,7-9,11,17,22H,6,12-14H2. The van der Waals surface area contributed by atoms with E-state index in [-0.39, 0.29) is 18.7 Å². The zero-order chi connectivity index (χ0) is 16.5. The minimum Gasteiger partial charge on any atom is -0.388 e. The van der Waals surface area contributed by atoms with E-state index >= 15 is 0 Å². The van der Waals surface area contributed by atoms with Crippen molar-refractivity contribution in [1.29, 1.82) is 5.26 Å². The fourth-order valence-corrected chi connectivity index (χ4v) is 2.25. The summed E-state index contributed by atoms with van der Waals surface area (Å²) in [5, 5.41) is 19.0. The van der Waals surface area contributed by atoms with Gasteiger partial charge in [-0.05, 0) is 17.7 Å². The number of aromatic nitrogens is 1. The van der Waals surface area contributed by atoms with E-state index in [0.717, 1.165) is 5.69 Å². The van der Waals surface area contributed by atoms with E-state index in [9.17, 15) is 9.90 Å². The Balaban J connectivity index is 2.03. The monoisotopic (exact) mass is 309 g/mol. The fraction of sp³-hybridized carbons (Fsp3) is 0.278. The van der Waals surface area contributed by atoms with Crippen molar-refractivity contribution in [3.63, 3.8) is 0 Å². The molecule has 0 bridgehead atoms. The number of nitrogens with zero attached hydrogens (tertiary/aromatic N) is 3. The molecule has 1 N–H and O–H groups in total. The number of carbonyl (C=O) groups is 1. The molecular formula is C18H19N3O2. The predicted octanol–water partition coefficient (Wildman–Crippen LogP) is 2.45. The largest absolute Gasteiger partial charge is 0.388 e. The third-order valence-corrected chi connectivity index (χ3v) is 3.48. The summed E-state index contributed by atoms with van der Waals surface area (Å²) in [6, 6.07) is 16.6. The van der Waals surface area contributed by atoms with Crippen molar-refractivity contribution < 1.29 is 9.90 Å². The molecule has 0 aliphatic rings. The van der Waals surface area contributed by atoms with Crippen molar-refractivity contribution in [3.05, 3.63) is 66.0 Å². The highest BCUT2D eigenvalue weighted by Gasteiger charge is 2.19. The van der Waals surface area contributed by atoms with Gasteiger partial charge in [0.15, 0.2) is 0 Å². The first-order valence-electron chi connectivity index (χ1n) is 7.48. The first kappa shape index (κ1) is 16.7. The number of nitriles is 1. The van der Waals surface area contributed by atoms with Crippen molar-refractivity contribution in [1.82, 2.24) is 9.88 Å². The average molecular weight is 309 g/mol. The van der Waals surface area contributed by atoms with E-state index in [1.54, 1.807) is 23.2 Å². The number of pyridine rings is 1. The second-order valence-corrected chi connectivity index (χ2v) is 5.18. The molecule has 2 aromatic rings. The molecule has 0 fully saturated rings.